The van der Waals surface area contributed by atoms with Crippen LogP contribution in [0, 0.1) is 5.41 Å². The van der Waals surface area contributed by atoms with Crippen LogP contribution in [-0.2, 0) is 0 Å². The third-order valence-corrected chi connectivity index (χ3v) is 2.68. The molecule has 0 fully saturated rings. The van der Waals surface area contributed by atoms with Gasteiger partial charge in [-0.05, 0) is 12.1 Å². The second kappa shape index (κ2) is 3.96. The molecule has 0 amide bonds. The summed E-state index contributed by atoms with van der Waals surface area (Å²) in [6.45, 7) is 0. The summed E-state index contributed by atoms with van der Waals surface area (Å²) in [5.74, 6) is 0.622. The fourth-order valence-electron chi connectivity index (χ4n) is 1.83. The van der Waals surface area contributed by atoms with Gasteiger partial charge in [0.15, 0.2) is 11.5 Å². The van der Waals surface area contributed by atoms with Crippen LogP contribution in [0.15, 0.2) is 48.7 Å². The fourth-order valence-corrected chi connectivity index (χ4v) is 1.83. The number of amidine groups is 1. The number of fused-ring (bicyclic) bond motifs is 1. The first-order chi connectivity index (χ1) is 8.75. The Kier molecular flexibility index (Phi) is 2.30. The number of aromatic nitrogens is 3. The van der Waals surface area contributed by atoms with Gasteiger partial charge in [-0.3, -0.25) is 5.41 Å². The van der Waals surface area contributed by atoms with Crippen LogP contribution >= 0.6 is 0 Å². The molecule has 0 aliphatic heterocycles. The molecule has 0 bridgehead atoms. The van der Waals surface area contributed by atoms with Gasteiger partial charge in [0.1, 0.15) is 5.84 Å². The Morgan fingerprint density at radius 1 is 1.11 bits per heavy atom. The predicted octanol–water partition coefficient (Wildman–Crippen LogP) is 1.68. The van der Waals surface area contributed by atoms with E-state index in [0.717, 1.165) is 5.56 Å². The first kappa shape index (κ1) is 10.5. The van der Waals surface area contributed by atoms with Crippen LogP contribution in [0.5, 0.6) is 0 Å². The van der Waals surface area contributed by atoms with Gasteiger partial charge in [-0.25, -0.2) is 9.50 Å². The average molecular weight is 237 g/mol. The molecule has 5 heteroatoms. The zero-order valence-electron chi connectivity index (χ0n) is 9.54. The van der Waals surface area contributed by atoms with Gasteiger partial charge in [0.2, 0.25) is 0 Å². The third-order valence-electron chi connectivity index (χ3n) is 2.68. The molecule has 2 heterocycles. The largest absolute Gasteiger partial charge is 0.384 e. The molecule has 0 unspecified atom stereocenters. The maximum Gasteiger partial charge on any atom is 0.182 e. The highest BCUT2D eigenvalue weighted by atomic mass is 15.3. The van der Waals surface area contributed by atoms with Gasteiger partial charge in [-0.15, -0.1) is 5.10 Å². The smallest absolute Gasteiger partial charge is 0.182 e. The predicted molar refractivity (Wildman–Crippen MR) is 69.4 cm³/mol. The summed E-state index contributed by atoms with van der Waals surface area (Å²) in [5, 5.41) is 11.9. The van der Waals surface area contributed by atoms with E-state index >= 15 is 0 Å². The summed E-state index contributed by atoms with van der Waals surface area (Å²) >= 11 is 0. The SMILES string of the molecule is N=C(N)c1cccn2nc(-c3ccccc3)nc12. The van der Waals surface area contributed by atoms with Crippen molar-refractivity contribution in [1.82, 2.24) is 14.6 Å². The van der Waals surface area contributed by atoms with Gasteiger partial charge >= 0.3 is 0 Å². The first-order valence-electron chi connectivity index (χ1n) is 5.51. The Balaban J connectivity index is 2.23. The van der Waals surface area contributed by atoms with Crippen molar-refractivity contribution in [1.29, 1.82) is 5.41 Å². The summed E-state index contributed by atoms with van der Waals surface area (Å²) in [5.41, 5.74) is 7.66. The summed E-state index contributed by atoms with van der Waals surface area (Å²) in [6.07, 6.45) is 1.79. The molecule has 5 nitrogen and oxygen atoms in total. The van der Waals surface area contributed by atoms with Gasteiger partial charge in [0, 0.05) is 11.8 Å². The molecule has 1 aromatic carbocycles. The van der Waals surface area contributed by atoms with Crippen molar-refractivity contribution in [3.05, 3.63) is 54.2 Å². The van der Waals surface area contributed by atoms with Crippen molar-refractivity contribution >= 4 is 11.5 Å². The fraction of sp³-hybridized carbons (Fsp3) is 0. The van der Waals surface area contributed by atoms with Gasteiger partial charge < -0.3 is 5.73 Å². The highest BCUT2D eigenvalue weighted by molar-refractivity contribution is 6.00. The van der Waals surface area contributed by atoms with E-state index in [1.54, 1.807) is 22.8 Å². The minimum atomic E-state index is -0.00684. The van der Waals surface area contributed by atoms with E-state index < -0.39 is 0 Å². The molecule has 0 aliphatic carbocycles. The van der Waals surface area contributed by atoms with E-state index in [9.17, 15) is 0 Å². The Hall–Kier alpha value is -2.69. The zero-order valence-corrected chi connectivity index (χ0v) is 9.54. The van der Waals surface area contributed by atoms with Gasteiger partial charge in [-0.2, -0.15) is 0 Å². The standard InChI is InChI=1S/C13H11N5/c14-11(15)10-7-4-8-18-13(10)16-12(17-18)9-5-2-1-3-6-9/h1-8H,(H3,14,15). The topological polar surface area (TPSA) is 80.1 Å². The molecule has 0 radical (unpaired) electrons. The normalized spacial score (nSPS) is 10.7. The molecular weight excluding hydrogens is 226 g/mol. The number of nitrogens with one attached hydrogen (secondary N) is 1. The lowest BCUT2D eigenvalue weighted by Gasteiger charge is -1.98. The Morgan fingerprint density at radius 2 is 1.89 bits per heavy atom. The minimum Gasteiger partial charge on any atom is -0.384 e. The second-order valence-electron chi connectivity index (χ2n) is 3.91. The minimum absolute atomic E-state index is 0.00684. The van der Waals surface area contributed by atoms with E-state index in [1.807, 2.05) is 30.3 Å². The van der Waals surface area contributed by atoms with E-state index in [2.05, 4.69) is 10.1 Å². The molecule has 0 saturated carbocycles. The quantitative estimate of drug-likeness (QED) is 0.525. The van der Waals surface area contributed by atoms with Gasteiger partial charge in [-0.1, -0.05) is 30.3 Å². The molecule has 0 spiro atoms. The molecule has 3 N–H and O–H groups in total. The number of hydrogen-bond acceptors (Lipinski definition) is 3. The lowest BCUT2D eigenvalue weighted by atomic mass is 10.2. The molecule has 18 heavy (non-hydrogen) atoms. The molecule has 88 valence electrons. The van der Waals surface area contributed by atoms with Gasteiger partial charge in [0.25, 0.3) is 0 Å². The third kappa shape index (κ3) is 1.62. The van der Waals surface area contributed by atoms with Crippen molar-refractivity contribution in [3.63, 3.8) is 0 Å². The van der Waals surface area contributed by atoms with Crippen LogP contribution in [-0.4, -0.2) is 20.4 Å². The van der Waals surface area contributed by atoms with E-state index in [-0.39, 0.29) is 5.84 Å². The van der Waals surface area contributed by atoms with E-state index in [4.69, 9.17) is 11.1 Å². The van der Waals surface area contributed by atoms with Crippen molar-refractivity contribution < 1.29 is 0 Å². The van der Waals surface area contributed by atoms with E-state index in [1.165, 1.54) is 0 Å². The summed E-state index contributed by atoms with van der Waals surface area (Å²) in [6, 6.07) is 13.3. The van der Waals surface area contributed by atoms with Crippen LogP contribution in [0.1, 0.15) is 5.56 Å². The number of rotatable bonds is 2. The number of nitrogens with two attached hydrogens (primary N) is 1. The molecular formula is C13H11N5. The Labute approximate surface area is 103 Å². The maximum absolute atomic E-state index is 7.53. The number of benzene rings is 1. The molecule has 3 aromatic rings. The molecule has 2 aromatic heterocycles. The first-order valence-corrected chi connectivity index (χ1v) is 5.51. The summed E-state index contributed by atoms with van der Waals surface area (Å²) in [4.78, 5) is 4.44. The van der Waals surface area contributed by atoms with Crippen molar-refractivity contribution in [2.24, 2.45) is 5.73 Å². The number of nitrogen functional groups attached to an aromatic ring is 1. The van der Waals surface area contributed by atoms with Crippen molar-refractivity contribution in [2.75, 3.05) is 0 Å². The Bertz CT molecular complexity index is 715. The molecule has 0 saturated heterocycles. The lowest BCUT2D eigenvalue weighted by Crippen LogP contribution is -2.12. The van der Waals surface area contributed by atoms with Crippen LogP contribution in [0.2, 0.25) is 0 Å². The van der Waals surface area contributed by atoms with E-state index in [0.29, 0.717) is 17.0 Å². The van der Waals surface area contributed by atoms with Crippen LogP contribution < -0.4 is 5.73 Å². The summed E-state index contributed by atoms with van der Waals surface area (Å²) < 4.78 is 1.64. The van der Waals surface area contributed by atoms with Gasteiger partial charge in [0.05, 0.1) is 5.56 Å². The monoisotopic (exact) mass is 237 g/mol. The molecule has 0 atom stereocenters. The number of pyridine rings is 1. The van der Waals surface area contributed by atoms with Crippen LogP contribution in [0.4, 0.5) is 0 Å². The highest BCUT2D eigenvalue weighted by Crippen LogP contribution is 2.17. The number of hydrogen-bond donors (Lipinski definition) is 2. The van der Waals surface area contributed by atoms with Crippen molar-refractivity contribution in [2.45, 2.75) is 0 Å². The maximum atomic E-state index is 7.53. The Morgan fingerprint density at radius 3 is 2.61 bits per heavy atom. The van der Waals surface area contributed by atoms with Crippen LogP contribution in [0.25, 0.3) is 17.0 Å². The second-order valence-corrected chi connectivity index (χ2v) is 3.91. The van der Waals surface area contributed by atoms with Crippen molar-refractivity contribution in [3.8, 4) is 11.4 Å². The molecule has 0 aliphatic rings. The summed E-state index contributed by atoms with van der Waals surface area (Å²) in [7, 11) is 0. The highest BCUT2D eigenvalue weighted by Gasteiger charge is 2.10. The number of nitrogens with zero attached hydrogens (tertiary/aromatic N) is 3. The zero-order chi connectivity index (χ0) is 12.5. The molecule has 3 rings (SSSR count). The lowest BCUT2D eigenvalue weighted by molar-refractivity contribution is 0.964. The van der Waals surface area contributed by atoms with Crippen LogP contribution in [0.3, 0.4) is 0 Å². The average Bonchev–Trinajstić information content (AvgIpc) is 2.83.